The Labute approximate surface area is 113 Å². The van der Waals surface area contributed by atoms with Crippen molar-refractivity contribution in [3.63, 3.8) is 0 Å². The Hall–Kier alpha value is -0.950. The maximum Gasteiger partial charge on any atom is 0.162 e. The third-order valence-electron chi connectivity index (χ3n) is 3.97. The van der Waals surface area contributed by atoms with Crippen LogP contribution in [0.4, 0.5) is 0 Å². The first kappa shape index (κ1) is 14.5. The summed E-state index contributed by atoms with van der Waals surface area (Å²) in [6, 6.07) is 1.93. The van der Waals surface area contributed by atoms with E-state index in [1.54, 1.807) is 7.11 Å². The molecule has 1 saturated heterocycles. The zero-order chi connectivity index (χ0) is 13.7. The van der Waals surface area contributed by atoms with E-state index in [0.717, 1.165) is 43.9 Å². The Morgan fingerprint density at radius 2 is 2.26 bits per heavy atom. The van der Waals surface area contributed by atoms with Gasteiger partial charge in [-0.25, -0.2) is 0 Å². The molecule has 0 bridgehead atoms. The van der Waals surface area contributed by atoms with Gasteiger partial charge in [-0.2, -0.15) is 0 Å². The highest BCUT2D eigenvalue weighted by atomic mass is 16.5. The summed E-state index contributed by atoms with van der Waals surface area (Å²) in [4.78, 5) is 2.32. The molecule has 2 rings (SSSR count). The zero-order valence-electron chi connectivity index (χ0n) is 11.5. The molecule has 1 aromatic rings. The van der Waals surface area contributed by atoms with Crippen LogP contribution in [0.3, 0.4) is 0 Å². The second kappa shape index (κ2) is 6.47. The van der Waals surface area contributed by atoms with Gasteiger partial charge in [0, 0.05) is 38.3 Å². The lowest BCUT2D eigenvalue weighted by Gasteiger charge is -2.39. The number of aliphatic hydroxyl groups excluding tert-OH is 1. The molecular weight excluding hydrogens is 246 g/mol. The van der Waals surface area contributed by atoms with Gasteiger partial charge in [0.05, 0.1) is 5.69 Å². The molecule has 6 nitrogen and oxygen atoms in total. The molecule has 19 heavy (non-hydrogen) atoms. The Bertz CT molecular complexity index is 380. The fourth-order valence-electron chi connectivity index (χ4n) is 2.48. The number of hydrogen-bond donors (Lipinski definition) is 2. The van der Waals surface area contributed by atoms with Crippen molar-refractivity contribution in [2.45, 2.75) is 26.0 Å². The van der Waals surface area contributed by atoms with E-state index in [9.17, 15) is 5.11 Å². The SMILES string of the molecule is COCc1cc(CN2CCC(CN)(CO)CC2)no1. The molecule has 108 valence electrons. The van der Waals surface area contributed by atoms with Crippen molar-refractivity contribution in [3.05, 3.63) is 17.5 Å². The summed E-state index contributed by atoms with van der Waals surface area (Å²) in [7, 11) is 1.63. The molecule has 0 aliphatic carbocycles. The van der Waals surface area contributed by atoms with Gasteiger partial charge in [-0.3, -0.25) is 4.90 Å². The molecular formula is C13H23N3O3. The number of methoxy groups -OCH3 is 1. The summed E-state index contributed by atoms with van der Waals surface area (Å²) in [6.07, 6.45) is 1.87. The number of piperidine rings is 1. The summed E-state index contributed by atoms with van der Waals surface area (Å²) in [6.45, 7) is 3.83. The first-order valence-electron chi connectivity index (χ1n) is 6.68. The largest absolute Gasteiger partial charge is 0.396 e. The number of nitrogens with zero attached hydrogens (tertiary/aromatic N) is 2. The lowest BCUT2D eigenvalue weighted by Crippen LogP contribution is -2.45. The first-order chi connectivity index (χ1) is 9.21. The second-order valence-corrected chi connectivity index (χ2v) is 5.36. The Balaban J connectivity index is 1.84. The lowest BCUT2D eigenvalue weighted by molar-refractivity contribution is 0.0471. The van der Waals surface area contributed by atoms with Crippen LogP contribution in [0.2, 0.25) is 0 Å². The number of nitrogens with two attached hydrogens (primary N) is 1. The van der Waals surface area contributed by atoms with Crippen LogP contribution in [0.15, 0.2) is 10.6 Å². The third-order valence-corrected chi connectivity index (χ3v) is 3.97. The standard InChI is InChI=1S/C13H23N3O3/c1-18-8-12-6-11(15-19-12)7-16-4-2-13(9-14,10-17)3-5-16/h6,17H,2-5,7-10,14H2,1H3. The number of aliphatic hydroxyl groups is 1. The summed E-state index contributed by atoms with van der Waals surface area (Å²) in [5.41, 5.74) is 6.61. The van der Waals surface area contributed by atoms with E-state index in [1.165, 1.54) is 0 Å². The van der Waals surface area contributed by atoms with Crippen LogP contribution in [0.25, 0.3) is 0 Å². The predicted octanol–water partition coefficient (Wildman–Crippen LogP) is 0.354. The van der Waals surface area contributed by atoms with Crippen LogP contribution in [-0.4, -0.2) is 48.5 Å². The Kier molecular flexibility index (Phi) is 4.93. The third kappa shape index (κ3) is 3.54. The van der Waals surface area contributed by atoms with E-state index in [-0.39, 0.29) is 12.0 Å². The summed E-state index contributed by atoms with van der Waals surface area (Å²) < 4.78 is 10.2. The summed E-state index contributed by atoms with van der Waals surface area (Å²) in [5, 5.41) is 13.5. The Morgan fingerprint density at radius 3 is 2.84 bits per heavy atom. The smallest absolute Gasteiger partial charge is 0.162 e. The van der Waals surface area contributed by atoms with Crippen LogP contribution >= 0.6 is 0 Å². The van der Waals surface area contributed by atoms with E-state index in [2.05, 4.69) is 10.1 Å². The average molecular weight is 269 g/mol. The van der Waals surface area contributed by atoms with Gasteiger partial charge < -0.3 is 20.1 Å². The van der Waals surface area contributed by atoms with Crippen LogP contribution < -0.4 is 5.73 Å². The van der Waals surface area contributed by atoms with Crippen LogP contribution in [0.5, 0.6) is 0 Å². The summed E-state index contributed by atoms with van der Waals surface area (Å²) >= 11 is 0. The highest BCUT2D eigenvalue weighted by Gasteiger charge is 2.32. The average Bonchev–Trinajstić information content (AvgIpc) is 2.88. The minimum atomic E-state index is -0.0818. The molecule has 1 fully saturated rings. The lowest BCUT2D eigenvalue weighted by atomic mass is 9.79. The van der Waals surface area contributed by atoms with Crippen molar-refractivity contribution >= 4 is 0 Å². The number of likely N-dealkylation sites (tertiary alicyclic amines) is 1. The van der Waals surface area contributed by atoms with E-state index < -0.39 is 0 Å². The van der Waals surface area contributed by atoms with E-state index in [1.807, 2.05) is 6.07 Å². The fraction of sp³-hybridized carbons (Fsp3) is 0.769. The molecule has 2 heterocycles. The molecule has 0 saturated carbocycles. The molecule has 0 spiro atoms. The van der Waals surface area contributed by atoms with Gasteiger partial charge in [0.15, 0.2) is 5.76 Å². The predicted molar refractivity (Wildman–Crippen MR) is 70.3 cm³/mol. The topological polar surface area (TPSA) is 84.8 Å². The van der Waals surface area contributed by atoms with Crippen molar-refractivity contribution in [3.8, 4) is 0 Å². The minimum Gasteiger partial charge on any atom is -0.396 e. The molecule has 1 aliphatic heterocycles. The number of hydrogen-bond acceptors (Lipinski definition) is 6. The highest BCUT2D eigenvalue weighted by molar-refractivity contribution is 5.04. The number of ether oxygens (including phenoxy) is 1. The monoisotopic (exact) mass is 269 g/mol. The number of aromatic nitrogens is 1. The van der Waals surface area contributed by atoms with Gasteiger partial charge in [0.2, 0.25) is 0 Å². The van der Waals surface area contributed by atoms with E-state index in [0.29, 0.717) is 13.2 Å². The van der Waals surface area contributed by atoms with Gasteiger partial charge in [-0.15, -0.1) is 0 Å². The van der Waals surface area contributed by atoms with Crippen molar-refractivity contribution in [1.82, 2.24) is 10.1 Å². The molecule has 3 N–H and O–H groups in total. The number of rotatable bonds is 6. The zero-order valence-corrected chi connectivity index (χ0v) is 11.5. The van der Waals surface area contributed by atoms with E-state index >= 15 is 0 Å². The van der Waals surface area contributed by atoms with Gasteiger partial charge in [-0.1, -0.05) is 5.16 Å². The molecule has 0 aromatic carbocycles. The summed E-state index contributed by atoms with van der Waals surface area (Å²) in [5.74, 6) is 0.751. The van der Waals surface area contributed by atoms with Gasteiger partial charge in [-0.05, 0) is 25.9 Å². The second-order valence-electron chi connectivity index (χ2n) is 5.36. The molecule has 1 aliphatic rings. The van der Waals surface area contributed by atoms with Crippen molar-refractivity contribution in [2.75, 3.05) is 33.4 Å². The van der Waals surface area contributed by atoms with Crippen LogP contribution in [-0.2, 0) is 17.9 Å². The van der Waals surface area contributed by atoms with Gasteiger partial charge in [0.1, 0.15) is 6.61 Å². The van der Waals surface area contributed by atoms with Crippen LogP contribution in [0.1, 0.15) is 24.3 Å². The van der Waals surface area contributed by atoms with E-state index in [4.69, 9.17) is 15.0 Å². The van der Waals surface area contributed by atoms with Crippen molar-refractivity contribution < 1.29 is 14.4 Å². The molecule has 0 unspecified atom stereocenters. The highest BCUT2D eigenvalue weighted by Crippen LogP contribution is 2.30. The molecule has 1 aromatic heterocycles. The maximum absolute atomic E-state index is 9.44. The molecule has 0 amide bonds. The minimum absolute atomic E-state index is 0.0818. The Morgan fingerprint density at radius 1 is 1.53 bits per heavy atom. The van der Waals surface area contributed by atoms with Gasteiger partial charge in [0.25, 0.3) is 0 Å². The molecule has 0 atom stereocenters. The van der Waals surface area contributed by atoms with Crippen molar-refractivity contribution in [1.29, 1.82) is 0 Å². The van der Waals surface area contributed by atoms with Gasteiger partial charge >= 0.3 is 0 Å². The fourth-order valence-corrected chi connectivity index (χ4v) is 2.48. The molecule has 0 radical (unpaired) electrons. The van der Waals surface area contributed by atoms with Crippen LogP contribution in [0, 0.1) is 5.41 Å². The molecule has 6 heteroatoms. The quantitative estimate of drug-likeness (QED) is 0.775. The first-order valence-corrected chi connectivity index (χ1v) is 6.68. The maximum atomic E-state index is 9.44. The normalized spacial score (nSPS) is 19.7. The van der Waals surface area contributed by atoms with Crippen molar-refractivity contribution in [2.24, 2.45) is 11.1 Å².